The van der Waals surface area contributed by atoms with Crippen LogP contribution in [0.25, 0.3) is 0 Å². The average Bonchev–Trinajstić information content (AvgIpc) is 3.19. The Bertz CT molecular complexity index is 1270. The van der Waals surface area contributed by atoms with Crippen LogP contribution < -0.4 is 21.3 Å². The first kappa shape index (κ1) is 48.1. The molecule has 2 aliphatic carbocycles. The standard InChI is InChI=1S/C28H48N2OS.C20H32N2OS/c1-2-3-4-10-15-18-27(32)23-28(31)30-26-21-19-25(20-22-26)29-24-16-13-11-8-6-5-7-9-12-14-17-24;1-16(15-24)20(23)22-19-13-11-18(12-14-19)21-17-9-7-5-3-2-4-6-8-10-17/h19-22,24,27,29,32H,2-18,23H2,1H3,(H,30,31);11-14,16-17,21,24H,2-10,15H2,1H3,(H,22,23). The first-order valence-corrected chi connectivity index (χ1v) is 24.1. The number of unbranched alkanes of at least 4 members (excludes halogenated alkanes) is 4. The van der Waals surface area contributed by atoms with Crippen LogP contribution in [0.5, 0.6) is 0 Å². The van der Waals surface area contributed by atoms with Crippen molar-refractivity contribution in [2.45, 2.75) is 205 Å². The molecule has 2 saturated carbocycles. The van der Waals surface area contributed by atoms with Crippen LogP contribution >= 0.6 is 25.3 Å². The molecule has 2 aromatic rings. The maximum Gasteiger partial charge on any atom is 0.228 e. The number of amides is 2. The quantitative estimate of drug-likeness (QED) is 0.0754. The van der Waals surface area contributed by atoms with Gasteiger partial charge in [-0.1, -0.05) is 149 Å². The summed E-state index contributed by atoms with van der Waals surface area (Å²) in [6.07, 6.45) is 34.9. The largest absolute Gasteiger partial charge is 0.382 e. The molecule has 8 heteroatoms. The van der Waals surface area contributed by atoms with Gasteiger partial charge in [-0.15, -0.1) is 0 Å². The third-order valence-corrected chi connectivity index (χ3v) is 12.5. The molecular weight excluding hydrogens is 729 g/mol. The number of rotatable bonds is 16. The topological polar surface area (TPSA) is 82.3 Å². The minimum Gasteiger partial charge on any atom is -0.382 e. The molecule has 0 radical (unpaired) electrons. The summed E-state index contributed by atoms with van der Waals surface area (Å²) in [4.78, 5) is 24.3. The smallest absolute Gasteiger partial charge is 0.228 e. The third-order valence-electron chi connectivity index (χ3n) is 11.6. The molecule has 2 amide bonds. The zero-order valence-corrected chi connectivity index (χ0v) is 37.2. The van der Waals surface area contributed by atoms with Crippen LogP contribution in [0.15, 0.2) is 48.5 Å². The number of anilines is 4. The normalized spacial score (nSPS) is 18.1. The number of nitrogens with one attached hydrogen (secondary N) is 4. The van der Waals surface area contributed by atoms with Crippen molar-refractivity contribution in [3.05, 3.63) is 48.5 Å². The minimum atomic E-state index is -0.0749. The number of carbonyl (C=O) groups excluding carboxylic acids is 2. The molecule has 316 valence electrons. The van der Waals surface area contributed by atoms with Crippen LogP contribution in [0.3, 0.4) is 0 Å². The van der Waals surface area contributed by atoms with Crippen LogP contribution in [0.4, 0.5) is 22.7 Å². The molecule has 56 heavy (non-hydrogen) atoms. The van der Waals surface area contributed by atoms with Gasteiger partial charge < -0.3 is 21.3 Å². The summed E-state index contributed by atoms with van der Waals surface area (Å²) in [5.41, 5.74) is 4.05. The summed E-state index contributed by atoms with van der Waals surface area (Å²) < 4.78 is 0. The molecule has 2 atom stereocenters. The summed E-state index contributed by atoms with van der Waals surface area (Å²) >= 11 is 8.79. The Hall–Kier alpha value is -2.32. The molecule has 2 aromatic carbocycles. The highest BCUT2D eigenvalue weighted by Gasteiger charge is 2.14. The van der Waals surface area contributed by atoms with E-state index in [0.29, 0.717) is 24.3 Å². The van der Waals surface area contributed by atoms with E-state index in [1.54, 1.807) is 0 Å². The Labute approximate surface area is 353 Å². The second-order valence-corrected chi connectivity index (χ2v) is 17.9. The monoisotopic (exact) mass is 809 g/mol. The lowest BCUT2D eigenvalue weighted by atomic mass is 9.97. The molecule has 2 fully saturated rings. The molecule has 2 aliphatic rings. The van der Waals surface area contributed by atoms with E-state index >= 15 is 0 Å². The van der Waals surface area contributed by atoms with E-state index in [1.165, 1.54) is 166 Å². The summed E-state index contributed by atoms with van der Waals surface area (Å²) in [7, 11) is 0. The minimum absolute atomic E-state index is 0.0260. The van der Waals surface area contributed by atoms with Gasteiger partial charge in [0.25, 0.3) is 0 Å². The Morgan fingerprint density at radius 3 is 1.36 bits per heavy atom. The van der Waals surface area contributed by atoms with Crippen molar-refractivity contribution in [3.63, 3.8) is 0 Å². The molecule has 4 N–H and O–H groups in total. The zero-order valence-electron chi connectivity index (χ0n) is 35.4. The van der Waals surface area contributed by atoms with Gasteiger partial charge >= 0.3 is 0 Å². The lowest BCUT2D eigenvalue weighted by Gasteiger charge is -2.21. The van der Waals surface area contributed by atoms with Crippen molar-refractivity contribution in [1.82, 2.24) is 0 Å². The predicted octanol–water partition coefficient (Wildman–Crippen LogP) is 14.3. The van der Waals surface area contributed by atoms with E-state index in [4.69, 9.17) is 0 Å². The lowest BCUT2D eigenvalue weighted by Crippen LogP contribution is -2.21. The van der Waals surface area contributed by atoms with Crippen molar-refractivity contribution < 1.29 is 9.59 Å². The van der Waals surface area contributed by atoms with Crippen molar-refractivity contribution in [3.8, 4) is 0 Å². The van der Waals surface area contributed by atoms with Crippen molar-refractivity contribution in [2.75, 3.05) is 27.0 Å². The van der Waals surface area contributed by atoms with Crippen LogP contribution in [0.1, 0.15) is 187 Å². The number of carbonyl (C=O) groups is 2. The maximum absolute atomic E-state index is 12.4. The molecule has 6 nitrogen and oxygen atoms in total. The third kappa shape index (κ3) is 22.6. The molecule has 2 unspecified atom stereocenters. The van der Waals surface area contributed by atoms with Gasteiger partial charge in [0.1, 0.15) is 0 Å². The summed E-state index contributed by atoms with van der Waals surface area (Å²) in [5.74, 6) is 0.582. The highest BCUT2D eigenvalue weighted by Crippen LogP contribution is 2.24. The molecule has 0 heterocycles. The van der Waals surface area contributed by atoms with E-state index in [-0.39, 0.29) is 23.0 Å². The Kier molecular flexibility index (Phi) is 26.4. The molecule has 0 bridgehead atoms. The summed E-state index contributed by atoms with van der Waals surface area (Å²) in [6, 6.07) is 17.5. The van der Waals surface area contributed by atoms with Crippen LogP contribution in [0, 0.1) is 5.92 Å². The molecule has 4 rings (SSSR count). The number of hydrogen-bond acceptors (Lipinski definition) is 6. The van der Waals surface area contributed by atoms with Gasteiger partial charge in [0.05, 0.1) is 0 Å². The molecule has 0 saturated heterocycles. The highest BCUT2D eigenvalue weighted by molar-refractivity contribution is 7.81. The average molecular weight is 809 g/mol. The number of benzene rings is 2. The van der Waals surface area contributed by atoms with Gasteiger partial charge in [-0.25, -0.2) is 0 Å². The SMILES string of the molecule is CC(CS)C(=O)Nc1ccc(NC2CCCCCCCCC2)cc1.CCCCCCCC(S)CC(=O)Nc1ccc(NC2CCCCCCCCCCC2)cc1. The fourth-order valence-electron chi connectivity index (χ4n) is 7.89. The van der Waals surface area contributed by atoms with Crippen LogP contribution in [-0.2, 0) is 9.59 Å². The van der Waals surface area contributed by atoms with E-state index in [2.05, 4.69) is 77.7 Å². The van der Waals surface area contributed by atoms with E-state index in [9.17, 15) is 9.59 Å². The fourth-order valence-corrected chi connectivity index (χ4v) is 8.41. The second-order valence-electron chi connectivity index (χ2n) is 16.8. The molecule has 0 spiro atoms. The fraction of sp³-hybridized carbons (Fsp3) is 0.708. The second kappa shape index (κ2) is 30.7. The first-order chi connectivity index (χ1) is 27.4. The van der Waals surface area contributed by atoms with Gasteiger partial charge in [-0.2, -0.15) is 25.3 Å². The Morgan fingerprint density at radius 1 is 0.571 bits per heavy atom. The Balaban J connectivity index is 0.000000313. The highest BCUT2D eigenvalue weighted by atomic mass is 32.1. The molecule has 0 aliphatic heterocycles. The van der Waals surface area contributed by atoms with Gasteiger partial charge in [-0.05, 0) is 80.6 Å². The zero-order chi connectivity index (χ0) is 40.1. The Morgan fingerprint density at radius 2 is 0.946 bits per heavy atom. The molecular formula is C48H80N4O2S2. The van der Waals surface area contributed by atoms with E-state index < -0.39 is 0 Å². The van der Waals surface area contributed by atoms with Crippen molar-refractivity contribution in [2.24, 2.45) is 5.92 Å². The van der Waals surface area contributed by atoms with E-state index in [1.807, 2.05) is 31.2 Å². The summed E-state index contributed by atoms with van der Waals surface area (Å²) in [5, 5.41) is 13.6. The lowest BCUT2D eigenvalue weighted by molar-refractivity contribution is -0.119. The van der Waals surface area contributed by atoms with Gasteiger partial charge in [0.2, 0.25) is 11.8 Å². The van der Waals surface area contributed by atoms with E-state index in [0.717, 1.165) is 23.5 Å². The maximum atomic E-state index is 12.4. The predicted molar refractivity (Wildman–Crippen MR) is 251 cm³/mol. The molecule has 0 aromatic heterocycles. The summed E-state index contributed by atoms with van der Waals surface area (Å²) in [6.45, 7) is 4.12. The van der Waals surface area contributed by atoms with Crippen LogP contribution in [0.2, 0.25) is 0 Å². The number of hydrogen-bond donors (Lipinski definition) is 6. The van der Waals surface area contributed by atoms with Crippen LogP contribution in [-0.4, -0.2) is 34.9 Å². The van der Waals surface area contributed by atoms with Crippen molar-refractivity contribution >= 4 is 59.8 Å². The first-order valence-electron chi connectivity index (χ1n) is 23.0. The van der Waals surface area contributed by atoms with Gasteiger partial charge in [0, 0.05) is 58.2 Å². The van der Waals surface area contributed by atoms with Gasteiger partial charge in [0.15, 0.2) is 0 Å². The number of thiol groups is 2. The van der Waals surface area contributed by atoms with Crippen molar-refractivity contribution in [1.29, 1.82) is 0 Å². The van der Waals surface area contributed by atoms with Gasteiger partial charge in [-0.3, -0.25) is 9.59 Å².